The third-order valence-corrected chi connectivity index (χ3v) is 4.10. The Morgan fingerprint density at radius 3 is 2.74 bits per heavy atom. The van der Waals surface area contributed by atoms with Gasteiger partial charge in [-0.25, -0.2) is 4.98 Å². The molecule has 0 bridgehead atoms. The number of carbonyl (C=O) groups excluding carboxylic acids is 1. The Morgan fingerprint density at radius 1 is 1.26 bits per heavy atom. The van der Waals surface area contributed by atoms with Crippen LogP contribution < -0.4 is 0 Å². The van der Waals surface area contributed by atoms with Crippen LogP contribution in [0.2, 0.25) is 0 Å². The first-order valence-electron chi connectivity index (χ1n) is 7.49. The molecule has 0 N–H and O–H groups in total. The van der Waals surface area contributed by atoms with E-state index in [1.54, 1.807) is 6.07 Å². The standard InChI is InChI=1S/C18H18N2O2S/c1-2-3-11-22-17(21)13-23-18-15(12-19)9-10-16(20-18)14-7-5-4-6-8-14/h4-10H,2-3,11,13H2,1H3. The quantitative estimate of drug-likeness (QED) is 0.436. The molecule has 5 heteroatoms. The highest BCUT2D eigenvalue weighted by molar-refractivity contribution is 7.99. The lowest BCUT2D eigenvalue weighted by Crippen LogP contribution is -2.08. The molecule has 0 spiro atoms. The lowest BCUT2D eigenvalue weighted by atomic mass is 10.1. The van der Waals surface area contributed by atoms with Crippen LogP contribution in [0.3, 0.4) is 0 Å². The van der Waals surface area contributed by atoms with Crippen LogP contribution in [-0.2, 0) is 9.53 Å². The number of nitrogens with zero attached hydrogens (tertiary/aromatic N) is 2. The van der Waals surface area contributed by atoms with E-state index in [-0.39, 0.29) is 11.7 Å². The molecule has 0 atom stereocenters. The molecule has 0 unspecified atom stereocenters. The van der Waals surface area contributed by atoms with Crippen molar-refractivity contribution in [1.29, 1.82) is 5.26 Å². The van der Waals surface area contributed by atoms with Gasteiger partial charge in [0.1, 0.15) is 11.1 Å². The molecule has 23 heavy (non-hydrogen) atoms. The maximum absolute atomic E-state index is 11.7. The molecular formula is C18H18N2O2S. The van der Waals surface area contributed by atoms with E-state index >= 15 is 0 Å². The van der Waals surface area contributed by atoms with E-state index in [1.165, 1.54) is 11.8 Å². The molecule has 0 amide bonds. The fourth-order valence-electron chi connectivity index (χ4n) is 1.90. The second-order valence-corrected chi connectivity index (χ2v) is 5.85. The molecule has 0 radical (unpaired) electrons. The average molecular weight is 326 g/mol. The SMILES string of the molecule is CCCCOC(=O)CSc1nc(-c2ccccc2)ccc1C#N. The molecule has 0 aliphatic rings. The Balaban J connectivity index is 2.08. The lowest BCUT2D eigenvalue weighted by Gasteiger charge is -2.07. The van der Waals surface area contributed by atoms with Gasteiger partial charge in [-0.15, -0.1) is 0 Å². The van der Waals surface area contributed by atoms with E-state index < -0.39 is 0 Å². The van der Waals surface area contributed by atoms with Gasteiger partial charge in [0.05, 0.1) is 23.6 Å². The minimum Gasteiger partial charge on any atom is -0.465 e. The minimum absolute atomic E-state index is 0.156. The van der Waals surface area contributed by atoms with Gasteiger partial charge in [0.2, 0.25) is 0 Å². The number of thioether (sulfide) groups is 1. The van der Waals surface area contributed by atoms with Crippen LogP contribution in [0.15, 0.2) is 47.5 Å². The number of esters is 1. The number of rotatable bonds is 7. The normalized spacial score (nSPS) is 10.1. The Kier molecular flexibility index (Phi) is 6.64. The maximum Gasteiger partial charge on any atom is 0.316 e. The summed E-state index contributed by atoms with van der Waals surface area (Å²) in [6.45, 7) is 2.49. The molecule has 0 fully saturated rings. The van der Waals surface area contributed by atoms with E-state index in [0.29, 0.717) is 17.2 Å². The third-order valence-electron chi connectivity index (χ3n) is 3.14. The van der Waals surface area contributed by atoms with E-state index in [4.69, 9.17) is 4.74 Å². The first kappa shape index (κ1) is 17.0. The van der Waals surface area contributed by atoms with Gasteiger partial charge in [-0.1, -0.05) is 55.4 Å². The minimum atomic E-state index is -0.278. The third kappa shape index (κ3) is 5.11. The molecule has 118 valence electrons. The topological polar surface area (TPSA) is 63.0 Å². The Hall–Kier alpha value is -2.32. The van der Waals surface area contributed by atoms with Crippen LogP contribution in [0, 0.1) is 11.3 Å². The summed E-state index contributed by atoms with van der Waals surface area (Å²) < 4.78 is 5.12. The van der Waals surface area contributed by atoms with Crippen molar-refractivity contribution in [3.63, 3.8) is 0 Å². The summed E-state index contributed by atoms with van der Waals surface area (Å²) in [5, 5.41) is 9.76. The molecule has 0 aliphatic heterocycles. The summed E-state index contributed by atoms with van der Waals surface area (Å²) in [7, 11) is 0. The summed E-state index contributed by atoms with van der Waals surface area (Å²) in [6, 6.07) is 15.4. The van der Waals surface area contributed by atoms with Crippen molar-refractivity contribution in [3.05, 3.63) is 48.0 Å². The fourth-order valence-corrected chi connectivity index (χ4v) is 2.67. The van der Waals surface area contributed by atoms with Crippen molar-refractivity contribution < 1.29 is 9.53 Å². The number of hydrogen-bond donors (Lipinski definition) is 0. The summed E-state index contributed by atoms with van der Waals surface area (Å²) in [5.41, 5.74) is 2.23. The average Bonchev–Trinajstić information content (AvgIpc) is 2.60. The fraction of sp³-hybridized carbons (Fsp3) is 0.278. The Morgan fingerprint density at radius 2 is 2.04 bits per heavy atom. The first-order chi connectivity index (χ1) is 11.2. The monoisotopic (exact) mass is 326 g/mol. The smallest absolute Gasteiger partial charge is 0.316 e. The zero-order chi connectivity index (χ0) is 16.5. The van der Waals surface area contributed by atoms with Crippen LogP contribution in [0.25, 0.3) is 11.3 Å². The summed E-state index contributed by atoms with van der Waals surface area (Å²) in [5.74, 6) is -0.122. The molecule has 2 aromatic rings. The Labute approximate surface area is 140 Å². The predicted octanol–water partition coefficient (Wildman–Crippen LogP) is 4.06. The second kappa shape index (κ2) is 8.96. The Bertz CT molecular complexity index is 696. The molecular weight excluding hydrogens is 308 g/mol. The number of aromatic nitrogens is 1. The molecule has 1 aromatic heterocycles. The zero-order valence-corrected chi connectivity index (χ0v) is 13.8. The molecule has 0 saturated heterocycles. The first-order valence-corrected chi connectivity index (χ1v) is 8.48. The molecule has 1 heterocycles. The molecule has 4 nitrogen and oxygen atoms in total. The van der Waals surface area contributed by atoms with E-state index in [2.05, 4.69) is 11.1 Å². The van der Waals surface area contributed by atoms with Crippen LogP contribution in [0.5, 0.6) is 0 Å². The van der Waals surface area contributed by atoms with Crippen molar-refractivity contribution in [2.24, 2.45) is 0 Å². The molecule has 2 rings (SSSR count). The van der Waals surface area contributed by atoms with E-state index in [1.807, 2.05) is 43.3 Å². The van der Waals surface area contributed by atoms with Gasteiger partial charge in [-0.2, -0.15) is 5.26 Å². The van der Waals surface area contributed by atoms with Gasteiger partial charge in [0.25, 0.3) is 0 Å². The summed E-state index contributed by atoms with van der Waals surface area (Å²) in [4.78, 5) is 16.2. The van der Waals surface area contributed by atoms with Crippen molar-refractivity contribution in [2.75, 3.05) is 12.4 Å². The van der Waals surface area contributed by atoms with Gasteiger partial charge in [-0.3, -0.25) is 4.79 Å². The number of benzene rings is 1. The van der Waals surface area contributed by atoms with Gasteiger partial charge < -0.3 is 4.74 Å². The number of unbranched alkanes of at least 4 members (excludes halogenated alkanes) is 1. The molecule has 1 aromatic carbocycles. The van der Waals surface area contributed by atoms with E-state index in [0.717, 1.165) is 24.1 Å². The zero-order valence-electron chi connectivity index (χ0n) is 13.0. The van der Waals surface area contributed by atoms with E-state index in [9.17, 15) is 10.1 Å². The van der Waals surface area contributed by atoms with Crippen molar-refractivity contribution in [2.45, 2.75) is 24.8 Å². The van der Waals surface area contributed by atoms with Gasteiger partial charge in [-0.05, 0) is 18.6 Å². The second-order valence-electron chi connectivity index (χ2n) is 4.89. The number of nitriles is 1. The predicted molar refractivity (Wildman–Crippen MR) is 91.0 cm³/mol. The number of pyridine rings is 1. The highest BCUT2D eigenvalue weighted by Gasteiger charge is 2.11. The largest absolute Gasteiger partial charge is 0.465 e. The van der Waals surface area contributed by atoms with Crippen molar-refractivity contribution in [1.82, 2.24) is 4.98 Å². The van der Waals surface area contributed by atoms with Crippen LogP contribution in [0.1, 0.15) is 25.3 Å². The van der Waals surface area contributed by atoms with Gasteiger partial charge in [0.15, 0.2) is 0 Å². The van der Waals surface area contributed by atoms with Crippen molar-refractivity contribution >= 4 is 17.7 Å². The highest BCUT2D eigenvalue weighted by Crippen LogP contribution is 2.25. The summed E-state index contributed by atoms with van der Waals surface area (Å²) >= 11 is 1.24. The van der Waals surface area contributed by atoms with Crippen LogP contribution in [-0.4, -0.2) is 23.3 Å². The maximum atomic E-state index is 11.7. The number of hydrogen-bond acceptors (Lipinski definition) is 5. The summed E-state index contributed by atoms with van der Waals surface area (Å²) in [6.07, 6.45) is 1.85. The van der Waals surface area contributed by atoms with Crippen LogP contribution >= 0.6 is 11.8 Å². The highest BCUT2D eigenvalue weighted by atomic mass is 32.2. The van der Waals surface area contributed by atoms with Gasteiger partial charge in [0, 0.05) is 5.56 Å². The van der Waals surface area contributed by atoms with Crippen LogP contribution in [0.4, 0.5) is 0 Å². The molecule has 0 saturated carbocycles. The number of ether oxygens (including phenoxy) is 1. The number of carbonyl (C=O) groups is 1. The lowest BCUT2D eigenvalue weighted by molar-refractivity contribution is -0.140. The van der Waals surface area contributed by atoms with Crippen molar-refractivity contribution in [3.8, 4) is 17.3 Å². The molecule has 0 aliphatic carbocycles. The van der Waals surface area contributed by atoms with Gasteiger partial charge >= 0.3 is 5.97 Å².